The first-order valence-electron chi connectivity index (χ1n) is 3.92. The third-order valence-electron chi connectivity index (χ3n) is 1.88. The van der Waals surface area contributed by atoms with Crippen LogP contribution in [0.5, 0.6) is 0 Å². The first-order valence-corrected chi connectivity index (χ1v) is 3.92. The number of aromatic nitrogens is 2. The highest BCUT2D eigenvalue weighted by Crippen LogP contribution is 2.01. The predicted molar refractivity (Wildman–Crippen MR) is 50.6 cm³/mol. The fourth-order valence-corrected chi connectivity index (χ4v) is 1.20. The summed E-state index contributed by atoms with van der Waals surface area (Å²) in [7, 11) is 0. The highest BCUT2D eigenvalue weighted by molar-refractivity contribution is 5.44. The van der Waals surface area contributed by atoms with Gasteiger partial charge in [0, 0.05) is 6.20 Å². The predicted octanol–water partition coefficient (Wildman–Crippen LogP) is 0.585. The fourth-order valence-electron chi connectivity index (χ4n) is 1.20. The Bertz CT molecular complexity index is 510. The lowest BCUT2D eigenvalue weighted by molar-refractivity contribution is 1.04. The molecular weight excluding hydrogens is 166 g/mol. The number of pyridine rings is 1. The maximum atomic E-state index is 11.5. The minimum Gasteiger partial charge on any atom is -0.393 e. The van der Waals surface area contributed by atoms with Gasteiger partial charge in [0.2, 0.25) is 0 Å². The van der Waals surface area contributed by atoms with Crippen LogP contribution >= 0.6 is 0 Å². The largest absolute Gasteiger partial charge is 0.393 e. The molecule has 2 aromatic rings. The number of hydrogen-bond donors (Lipinski definition) is 1. The van der Waals surface area contributed by atoms with Gasteiger partial charge in [-0.05, 0) is 18.6 Å². The first kappa shape index (κ1) is 7.79. The van der Waals surface area contributed by atoms with Gasteiger partial charge < -0.3 is 5.73 Å². The van der Waals surface area contributed by atoms with Crippen LogP contribution in [0.4, 0.5) is 5.69 Å². The molecule has 0 bridgehead atoms. The zero-order chi connectivity index (χ0) is 9.42. The summed E-state index contributed by atoms with van der Waals surface area (Å²) in [5, 5.41) is 0. The van der Waals surface area contributed by atoms with Crippen LogP contribution in [0.25, 0.3) is 5.65 Å². The molecule has 0 aliphatic heterocycles. The molecule has 13 heavy (non-hydrogen) atoms. The SMILES string of the molecule is Cc1ccc2ncc(N)c(=O)n2c1. The van der Waals surface area contributed by atoms with Crippen molar-refractivity contribution in [1.82, 2.24) is 9.38 Å². The summed E-state index contributed by atoms with van der Waals surface area (Å²) < 4.78 is 1.45. The maximum absolute atomic E-state index is 11.5. The summed E-state index contributed by atoms with van der Waals surface area (Å²) in [6.07, 6.45) is 3.11. The van der Waals surface area contributed by atoms with E-state index in [4.69, 9.17) is 5.73 Å². The fraction of sp³-hybridized carbons (Fsp3) is 0.111. The van der Waals surface area contributed by atoms with Gasteiger partial charge in [0.15, 0.2) is 0 Å². The smallest absolute Gasteiger partial charge is 0.281 e. The molecule has 0 spiro atoms. The molecule has 0 amide bonds. The summed E-state index contributed by atoms with van der Waals surface area (Å²) >= 11 is 0. The Morgan fingerprint density at radius 1 is 1.46 bits per heavy atom. The second-order valence-corrected chi connectivity index (χ2v) is 2.95. The van der Waals surface area contributed by atoms with Crippen molar-refractivity contribution in [2.75, 3.05) is 5.73 Å². The number of fused-ring (bicyclic) bond motifs is 1. The Balaban J connectivity index is 2.97. The molecule has 4 heteroatoms. The topological polar surface area (TPSA) is 60.4 Å². The van der Waals surface area contributed by atoms with Gasteiger partial charge in [-0.25, -0.2) is 4.98 Å². The molecule has 2 N–H and O–H groups in total. The standard InChI is InChI=1S/C9H9N3O/c1-6-2-3-8-11-4-7(10)9(13)12(8)5-6/h2-5H,10H2,1H3. The van der Waals surface area contributed by atoms with E-state index < -0.39 is 0 Å². The van der Waals surface area contributed by atoms with Gasteiger partial charge in [-0.1, -0.05) is 6.07 Å². The van der Waals surface area contributed by atoms with Gasteiger partial charge in [-0.15, -0.1) is 0 Å². The summed E-state index contributed by atoms with van der Waals surface area (Å²) in [5.74, 6) is 0. The number of hydrogen-bond acceptors (Lipinski definition) is 3. The molecule has 0 fully saturated rings. The average Bonchev–Trinajstić information content (AvgIpc) is 2.12. The second-order valence-electron chi connectivity index (χ2n) is 2.95. The molecular formula is C9H9N3O. The van der Waals surface area contributed by atoms with E-state index in [1.165, 1.54) is 10.6 Å². The zero-order valence-corrected chi connectivity index (χ0v) is 7.19. The van der Waals surface area contributed by atoms with Crippen molar-refractivity contribution in [3.8, 4) is 0 Å². The monoisotopic (exact) mass is 175 g/mol. The van der Waals surface area contributed by atoms with Crippen LogP contribution in [0.3, 0.4) is 0 Å². The lowest BCUT2D eigenvalue weighted by Gasteiger charge is -2.01. The Morgan fingerprint density at radius 3 is 3.00 bits per heavy atom. The van der Waals surface area contributed by atoms with Gasteiger partial charge in [-0.3, -0.25) is 9.20 Å². The van der Waals surface area contributed by atoms with Crippen molar-refractivity contribution >= 4 is 11.3 Å². The van der Waals surface area contributed by atoms with Crippen LogP contribution in [0.15, 0.2) is 29.3 Å². The van der Waals surface area contributed by atoms with Crippen molar-refractivity contribution in [2.45, 2.75) is 6.92 Å². The highest BCUT2D eigenvalue weighted by atomic mass is 16.1. The number of aryl methyl sites for hydroxylation is 1. The summed E-state index contributed by atoms with van der Waals surface area (Å²) in [5.41, 5.74) is 7.01. The Hall–Kier alpha value is -1.84. The lowest BCUT2D eigenvalue weighted by atomic mass is 10.3. The first-order chi connectivity index (χ1) is 6.18. The van der Waals surface area contributed by atoms with Crippen molar-refractivity contribution in [3.63, 3.8) is 0 Å². The second kappa shape index (κ2) is 2.58. The molecule has 66 valence electrons. The van der Waals surface area contributed by atoms with Gasteiger partial charge in [0.25, 0.3) is 5.56 Å². The number of rotatable bonds is 0. The Kier molecular flexibility index (Phi) is 1.55. The number of nitrogen functional groups attached to an aromatic ring is 1. The van der Waals surface area contributed by atoms with E-state index in [0.29, 0.717) is 5.65 Å². The third kappa shape index (κ3) is 1.16. The van der Waals surface area contributed by atoms with Gasteiger partial charge in [0.05, 0.1) is 6.20 Å². The molecule has 4 nitrogen and oxygen atoms in total. The van der Waals surface area contributed by atoms with Crippen LogP contribution in [0.2, 0.25) is 0 Å². The van der Waals surface area contributed by atoms with Crippen molar-refractivity contribution < 1.29 is 0 Å². The minimum atomic E-state index is -0.214. The van der Waals surface area contributed by atoms with Gasteiger partial charge >= 0.3 is 0 Å². The van der Waals surface area contributed by atoms with E-state index in [2.05, 4.69) is 4.98 Å². The number of anilines is 1. The van der Waals surface area contributed by atoms with E-state index in [9.17, 15) is 4.79 Å². The van der Waals surface area contributed by atoms with Crippen molar-refractivity contribution in [1.29, 1.82) is 0 Å². The Morgan fingerprint density at radius 2 is 2.23 bits per heavy atom. The van der Waals surface area contributed by atoms with E-state index in [0.717, 1.165) is 5.56 Å². The summed E-state index contributed by atoms with van der Waals surface area (Å²) in [6, 6.07) is 3.69. The van der Waals surface area contributed by atoms with Gasteiger partial charge in [-0.2, -0.15) is 0 Å². The molecule has 0 aromatic carbocycles. The maximum Gasteiger partial charge on any atom is 0.281 e. The molecule has 2 heterocycles. The van der Waals surface area contributed by atoms with Crippen LogP contribution in [-0.4, -0.2) is 9.38 Å². The van der Waals surface area contributed by atoms with E-state index >= 15 is 0 Å². The summed E-state index contributed by atoms with van der Waals surface area (Å²) in [6.45, 7) is 1.91. The molecule has 0 aliphatic carbocycles. The van der Waals surface area contributed by atoms with E-state index in [-0.39, 0.29) is 11.2 Å². The molecule has 0 radical (unpaired) electrons. The summed E-state index contributed by atoms with van der Waals surface area (Å²) in [4.78, 5) is 15.5. The molecule has 0 saturated heterocycles. The molecule has 0 unspecified atom stereocenters. The van der Waals surface area contributed by atoms with Crippen molar-refractivity contribution in [3.05, 3.63) is 40.4 Å². The minimum absolute atomic E-state index is 0.170. The Labute approximate surface area is 74.6 Å². The quantitative estimate of drug-likeness (QED) is 0.637. The normalized spacial score (nSPS) is 10.5. The number of nitrogens with zero attached hydrogens (tertiary/aromatic N) is 2. The number of nitrogens with two attached hydrogens (primary N) is 1. The highest BCUT2D eigenvalue weighted by Gasteiger charge is 1.99. The molecule has 2 rings (SSSR count). The van der Waals surface area contributed by atoms with E-state index in [1.54, 1.807) is 12.3 Å². The van der Waals surface area contributed by atoms with Crippen LogP contribution < -0.4 is 11.3 Å². The molecule has 0 atom stereocenters. The molecule has 2 aromatic heterocycles. The van der Waals surface area contributed by atoms with Crippen LogP contribution in [0.1, 0.15) is 5.56 Å². The lowest BCUT2D eigenvalue weighted by Crippen LogP contribution is -2.18. The zero-order valence-electron chi connectivity index (χ0n) is 7.19. The van der Waals surface area contributed by atoms with Crippen LogP contribution in [0, 0.1) is 6.92 Å². The molecule has 0 saturated carbocycles. The molecule has 0 aliphatic rings. The van der Waals surface area contributed by atoms with E-state index in [1.807, 2.05) is 13.0 Å². The van der Waals surface area contributed by atoms with Crippen LogP contribution in [-0.2, 0) is 0 Å². The van der Waals surface area contributed by atoms with Gasteiger partial charge in [0.1, 0.15) is 11.3 Å². The third-order valence-corrected chi connectivity index (χ3v) is 1.88. The van der Waals surface area contributed by atoms with Crippen molar-refractivity contribution in [2.24, 2.45) is 0 Å². The average molecular weight is 175 g/mol.